The largest absolute Gasteiger partial charge is 0.494 e. The molecule has 0 aliphatic rings. The first-order valence-corrected chi connectivity index (χ1v) is 7.19. The van der Waals surface area contributed by atoms with Gasteiger partial charge >= 0.3 is 0 Å². The van der Waals surface area contributed by atoms with E-state index >= 15 is 0 Å². The van der Waals surface area contributed by atoms with Crippen molar-refractivity contribution in [2.24, 2.45) is 0 Å². The zero-order valence-electron chi connectivity index (χ0n) is 11.8. The minimum atomic E-state index is 0.845. The summed E-state index contributed by atoms with van der Waals surface area (Å²) in [6.45, 7) is 5.14. The second-order valence-corrected chi connectivity index (χ2v) is 4.66. The van der Waals surface area contributed by atoms with Crippen molar-refractivity contribution in [3.05, 3.63) is 42.0 Å². The van der Waals surface area contributed by atoms with Gasteiger partial charge < -0.3 is 4.74 Å². The highest BCUT2D eigenvalue weighted by atomic mass is 16.5. The molecule has 18 heavy (non-hydrogen) atoms. The molecular weight excluding hydrogens is 220 g/mol. The Morgan fingerprint density at radius 3 is 2.50 bits per heavy atom. The van der Waals surface area contributed by atoms with Gasteiger partial charge in [-0.3, -0.25) is 0 Å². The van der Waals surface area contributed by atoms with Gasteiger partial charge in [0.05, 0.1) is 6.61 Å². The molecule has 0 aliphatic carbocycles. The van der Waals surface area contributed by atoms with Crippen LogP contribution in [-0.4, -0.2) is 6.61 Å². The van der Waals surface area contributed by atoms with Crippen LogP contribution in [0.5, 0.6) is 5.75 Å². The predicted molar refractivity (Wildman–Crippen MR) is 79.2 cm³/mol. The molecule has 0 unspecified atom stereocenters. The zero-order valence-corrected chi connectivity index (χ0v) is 11.8. The van der Waals surface area contributed by atoms with Gasteiger partial charge in [-0.15, -0.1) is 0 Å². The molecule has 0 fully saturated rings. The van der Waals surface area contributed by atoms with E-state index in [1.807, 2.05) is 0 Å². The van der Waals surface area contributed by atoms with Crippen molar-refractivity contribution >= 4 is 0 Å². The van der Waals surface area contributed by atoms with Gasteiger partial charge in [-0.25, -0.2) is 0 Å². The Bertz CT molecular complexity index is 324. The van der Waals surface area contributed by atoms with Crippen molar-refractivity contribution in [1.82, 2.24) is 0 Å². The summed E-state index contributed by atoms with van der Waals surface area (Å²) >= 11 is 0. The minimum Gasteiger partial charge on any atom is -0.494 e. The van der Waals surface area contributed by atoms with E-state index in [1.165, 1.54) is 24.8 Å². The number of aryl methyl sites for hydroxylation is 1. The Morgan fingerprint density at radius 2 is 1.83 bits per heavy atom. The Kier molecular flexibility index (Phi) is 8.03. The number of benzene rings is 1. The van der Waals surface area contributed by atoms with E-state index < -0.39 is 0 Å². The first kappa shape index (κ1) is 14.8. The molecule has 0 heterocycles. The highest BCUT2D eigenvalue weighted by molar-refractivity contribution is 5.27. The van der Waals surface area contributed by atoms with Crippen LogP contribution < -0.4 is 4.74 Å². The Morgan fingerprint density at radius 1 is 1.06 bits per heavy atom. The normalized spacial score (nSPS) is 11.0. The summed E-state index contributed by atoms with van der Waals surface area (Å²) in [5, 5.41) is 0. The van der Waals surface area contributed by atoms with Crippen LogP contribution in [0.4, 0.5) is 0 Å². The number of rotatable bonds is 9. The van der Waals surface area contributed by atoms with Crippen LogP contribution in [0.3, 0.4) is 0 Å². The Balaban J connectivity index is 2.23. The molecule has 1 rings (SSSR count). The molecule has 0 radical (unpaired) electrons. The fourth-order valence-corrected chi connectivity index (χ4v) is 1.89. The topological polar surface area (TPSA) is 9.23 Å². The van der Waals surface area contributed by atoms with Crippen LogP contribution in [0.25, 0.3) is 0 Å². The number of allylic oxidation sites excluding steroid dienone is 2. The average molecular weight is 246 g/mol. The quantitative estimate of drug-likeness (QED) is 0.432. The molecule has 1 aromatic rings. The van der Waals surface area contributed by atoms with Gasteiger partial charge in [0.15, 0.2) is 0 Å². The molecule has 0 aliphatic heterocycles. The van der Waals surface area contributed by atoms with Crippen molar-refractivity contribution in [2.75, 3.05) is 6.61 Å². The van der Waals surface area contributed by atoms with Crippen LogP contribution in [0.2, 0.25) is 0 Å². The predicted octanol–water partition coefficient (Wildman–Crippen LogP) is 5.15. The summed E-state index contributed by atoms with van der Waals surface area (Å²) in [4.78, 5) is 0. The highest BCUT2D eigenvalue weighted by Gasteiger charge is 1.95. The lowest BCUT2D eigenvalue weighted by Crippen LogP contribution is -1.97. The van der Waals surface area contributed by atoms with Crippen LogP contribution >= 0.6 is 0 Å². The summed E-state index contributed by atoms with van der Waals surface area (Å²) in [6.07, 6.45) is 11.6. The SMILES string of the molecule is C/C=C/CCc1ccc(OCCCCCC)cc1. The maximum absolute atomic E-state index is 5.72. The third kappa shape index (κ3) is 6.48. The first-order valence-electron chi connectivity index (χ1n) is 7.19. The van der Waals surface area contributed by atoms with Crippen LogP contribution in [0, 0.1) is 0 Å². The molecule has 0 aromatic heterocycles. The van der Waals surface area contributed by atoms with Crippen molar-refractivity contribution in [2.45, 2.75) is 52.4 Å². The summed E-state index contributed by atoms with van der Waals surface area (Å²) in [7, 11) is 0. The fraction of sp³-hybridized carbons (Fsp3) is 0.529. The van der Waals surface area contributed by atoms with E-state index in [4.69, 9.17) is 4.74 Å². The van der Waals surface area contributed by atoms with Crippen molar-refractivity contribution in [3.63, 3.8) is 0 Å². The van der Waals surface area contributed by atoms with E-state index in [9.17, 15) is 0 Å². The second-order valence-electron chi connectivity index (χ2n) is 4.66. The molecule has 1 nitrogen and oxygen atoms in total. The summed E-state index contributed by atoms with van der Waals surface area (Å²) in [5.41, 5.74) is 1.38. The summed E-state index contributed by atoms with van der Waals surface area (Å²) in [6, 6.07) is 8.52. The van der Waals surface area contributed by atoms with Gasteiger partial charge in [-0.2, -0.15) is 0 Å². The van der Waals surface area contributed by atoms with E-state index in [0.29, 0.717) is 0 Å². The lowest BCUT2D eigenvalue weighted by Gasteiger charge is -2.06. The molecule has 0 spiro atoms. The van der Waals surface area contributed by atoms with Gasteiger partial charge in [0.25, 0.3) is 0 Å². The molecule has 0 saturated heterocycles. The van der Waals surface area contributed by atoms with Crippen LogP contribution in [-0.2, 0) is 6.42 Å². The van der Waals surface area contributed by atoms with Crippen molar-refractivity contribution in [3.8, 4) is 5.75 Å². The Labute approximate surface area is 112 Å². The average Bonchev–Trinajstić information content (AvgIpc) is 2.40. The molecule has 0 saturated carbocycles. The second kappa shape index (κ2) is 9.76. The lowest BCUT2D eigenvalue weighted by atomic mass is 10.1. The Hall–Kier alpha value is -1.24. The molecule has 1 aromatic carbocycles. The lowest BCUT2D eigenvalue weighted by molar-refractivity contribution is 0.305. The highest BCUT2D eigenvalue weighted by Crippen LogP contribution is 2.14. The zero-order chi connectivity index (χ0) is 13.1. The van der Waals surface area contributed by atoms with Gasteiger partial charge in [-0.05, 0) is 43.9 Å². The van der Waals surface area contributed by atoms with Gasteiger partial charge in [-0.1, -0.05) is 50.5 Å². The molecule has 0 N–H and O–H groups in total. The molecule has 100 valence electrons. The number of hydrogen-bond acceptors (Lipinski definition) is 1. The fourth-order valence-electron chi connectivity index (χ4n) is 1.89. The minimum absolute atomic E-state index is 0.845. The standard InChI is InChI=1S/C17H26O/c1-3-5-7-9-15-18-17-13-11-16(12-14-17)10-8-6-4-2/h4,6,11-14H,3,5,7-10,15H2,1-2H3/b6-4+. The molecule has 0 bridgehead atoms. The summed E-state index contributed by atoms with van der Waals surface area (Å²) in [5.74, 6) is 1.00. The molecule has 0 atom stereocenters. The molecule has 0 amide bonds. The maximum Gasteiger partial charge on any atom is 0.119 e. The van der Waals surface area contributed by atoms with Crippen LogP contribution in [0.15, 0.2) is 36.4 Å². The number of unbranched alkanes of at least 4 members (excludes halogenated alkanes) is 3. The summed E-state index contributed by atoms with van der Waals surface area (Å²) < 4.78 is 5.72. The number of ether oxygens (including phenoxy) is 1. The van der Waals surface area contributed by atoms with Gasteiger partial charge in [0, 0.05) is 0 Å². The maximum atomic E-state index is 5.72. The van der Waals surface area contributed by atoms with Crippen molar-refractivity contribution in [1.29, 1.82) is 0 Å². The molecular formula is C17H26O. The monoisotopic (exact) mass is 246 g/mol. The molecule has 1 heteroatoms. The van der Waals surface area contributed by atoms with E-state index in [-0.39, 0.29) is 0 Å². The van der Waals surface area contributed by atoms with Gasteiger partial charge in [0.2, 0.25) is 0 Å². The van der Waals surface area contributed by atoms with E-state index in [0.717, 1.165) is 31.6 Å². The third-order valence-electron chi connectivity index (χ3n) is 3.03. The first-order chi connectivity index (χ1) is 8.86. The number of hydrogen-bond donors (Lipinski definition) is 0. The van der Waals surface area contributed by atoms with E-state index in [2.05, 4.69) is 50.3 Å². The van der Waals surface area contributed by atoms with Gasteiger partial charge in [0.1, 0.15) is 5.75 Å². The van der Waals surface area contributed by atoms with E-state index in [1.54, 1.807) is 0 Å². The van der Waals surface area contributed by atoms with Crippen LogP contribution in [0.1, 0.15) is 51.5 Å². The smallest absolute Gasteiger partial charge is 0.119 e. The third-order valence-corrected chi connectivity index (χ3v) is 3.03. The van der Waals surface area contributed by atoms with Crippen molar-refractivity contribution < 1.29 is 4.74 Å².